The van der Waals surface area contributed by atoms with Crippen LogP contribution in [0.1, 0.15) is 17.5 Å². The van der Waals surface area contributed by atoms with Crippen molar-refractivity contribution >= 4 is 17.1 Å². The van der Waals surface area contributed by atoms with E-state index in [0.29, 0.717) is 18.5 Å². The second-order valence-electron chi connectivity index (χ2n) is 6.99. The number of benzene rings is 1. The molecule has 0 radical (unpaired) electrons. The number of halogens is 4. The van der Waals surface area contributed by atoms with Crippen LogP contribution in [0.25, 0.3) is 11.2 Å². The van der Waals surface area contributed by atoms with Crippen LogP contribution in [-0.4, -0.2) is 39.2 Å². The molecular formula is C18H18F4N6O. The quantitative estimate of drug-likeness (QED) is 0.562. The Hall–Kier alpha value is -2.95. The third-order valence-electron chi connectivity index (χ3n) is 4.92. The lowest BCUT2D eigenvalue weighted by Gasteiger charge is -2.13. The molecule has 29 heavy (non-hydrogen) atoms. The van der Waals surface area contributed by atoms with Gasteiger partial charge in [0.05, 0.1) is 18.3 Å². The fraction of sp³-hybridized carbons (Fsp3) is 0.389. The first-order valence-corrected chi connectivity index (χ1v) is 9.07. The molecule has 1 aliphatic rings. The molecule has 2 aromatic heterocycles. The van der Waals surface area contributed by atoms with Gasteiger partial charge in [0, 0.05) is 6.54 Å². The van der Waals surface area contributed by atoms with Gasteiger partial charge in [0.15, 0.2) is 5.65 Å². The molecule has 0 saturated carbocycles. The van der Waals surface area contributed by atoms with E-state index in [9.17, 15) is 22.4 Å². The highest BCUT2D eigenvalue weighted by molar-refractivity contribution is 5.71. The summed E-state index contributed by atoms with van der Waals surface area (Å²) in [7, 11) is 0. The predicted octanol–water partition coefficient (Wildman–Crippen LogP) is 2.35. The zero-order chi connectivity index (χ0) is 20.6. The molecule has 0 aliphatic carbocycles. The highest BCUT2D eigenvalue weighted by Crippen LogP contribution is 2.32. The van der Waals surface area contributed by atoms with E-state index < -0.39 is 29.8 Å². The maximum atomic E-state index is 13.6. The summed E-state index contributed by atoms with van der Waals surface area (Å²) in [5.74, 6) is -0.125. The second-order valence-corrected chi connectivity index (χ2v) is 6.99. The molecule has 0 amide bonds. The summed E-state index contributed by atoms with van der Waals surface area (Å²) >= 11 is 0. The molecule has 154 valence electrons. The van der Waals surface area contributed by atoms with Gasteiger partial charge in [-0.05, 0) is 49.2 Å². The summed E-state index contributed by atoms with van der Waals surface area (Å²) in [5, 5.41) is 6.34. The first-order chi connectivity index (χ1) is 13.8. The molecule has 1 aromatic carbocycles. The van der Waals surface area contributed by atoms with E-state index >= 15 is 0 Å². The van der Waals surface area contributed by atoms with Crippen LogP contribution in [-0.2, 0) is 12.7 Å². The average molecular weight is 410 g/mol. The number of H-pyrrole nitrogens is 1. The highest BCUT2D eigenvalue weighted by Gasteiger charge is 2.33. The molecule has 0 unspecified atom stereocenters. The lowest BCUT2D eigenvalue weighted by atomic mass is 10.1. The van der Waals surface area contributed by atoms with Crippen LogP contribution in [0.4, 0.5) is 23.5 Å². The van der Waals surface area contributed by atoms with Crippen molar-refractivity contribution in [3.05, 3.63) is 51.8 Å². The normalized spacial score (nSPS) is 17.2. The minimum absolute atomic E-state index is 0.148. The number of hydrogen-bond acceptors (Lipinski definition) is 5. The van der Waals surface area contributed by atoms with Gasteiger partial charge in [0.1, 0.15) is 11.3 Å². The van der Waals surface area contributed by atoms with Crippen LogP contribution in [0, 0.1) is 11.7 Å². The number of hydrogen-bond donors (Lipinski definition) is 3. The molecule has 0 spiro atoms. The van der Waals surface area contributed by atoms with E-state index in [1.54, 1.807) is 0 Å². The van der Waals surface area contributed by atoms with Gasteiger partial charge < -0.3 is 15.6 Å². The van der Waals surface area contributed by atoms with E-state index in [1.165, 1.54) is 6.20 Å². The van der Waals surface area contributed by atoms with Crippen LogP contribution in [0.3, 0.4) is 0 Å². The van der Waals surface area contributed by atoms with Gasteiger partial charge in [-0.2, -0.15) is 18.2 Å². The lowest BCUT2D eigenvalue weighted by molar-refractivity contribution is -0.138. The minimum atomic E-state index is -4.67. The molecular weight excluding hydrogens is 392 g/mol. The topological polar surface area (TPSA) is 87.6 Å². The van der Waals surface area contributed by atoms with Crippen LogP contribution in [0.15, 0.2) is 29.2 Å². The Bertz CT molecular complexity index is 1080. The molecule has 1 aliphatic heterocycles. The maximum Gasteiger partial charge on any atom is 0.416 e. The third-order valence-corrected chi connectivity index (χ3v) is 4.92. The van der Waals surface area contributed by atoms with E-state index in [1.807, 2.05) is 0 Å². The van der Waals surface area contributed by atoms with Crippen molar-refractivity contribution in [2.24, 2.45) is 5.92 Å². The molecule has 1 saturated heterocycles. The Morgan fingerprint density at radius 1 is 1.31 bits per heavy atom. The summed E-state index contributed by atoms with van der Waals surface area (Å²) in [4.78, 5) is 23.2. The molecule has 0 bridgehead atoms. The minimum Gasteiger partial charge on any atom is -0.354 e. The Labute approximate surface area is 162 Å². The van der Waals surface area contributed by atoms with Gasteiger partial charge in [-0.15, -0.1) is 0 Å². The number of rotatable bonds is 5. The van der Waals surface area contributed by atoms with Crippen LogP contribution in [0.2, 0.25) is 0 Å². The van der Waals surface area contributed by atoms with Crippen LogP contribution in [0.5, 0.6) is 0 Å². The van der Waals surface area contributed by atoms with Crippen LogP contribution >= 0.6 is 0 Å². The SMILES string of the molecule is O=c1[nH]c2cnc(NC[C@@H]3CCNC3)nc2n1Cc1cc(F)ccc1C(F)(F)F. The zero-order valence-corrected chi connectivity index (χ0v) is 15.2. The number of alkyl halides is 3. The standard InChI is InChI=1S/C18H18F4N6O/c19-12-1-2-13(18(20,21)22)11(5-12)9-28-15-14(26-17(28)29)8-25-16(27-15)24-7-10-3-4-23-6-10/h1-2,5,8,10,23H,3-4,6-7,9H2,(H,26,29)(H,24,25,27)/t10-/m1/s1. The van der Waals surface area contributed by atoms with E-state index in [-0.39, 0.29) is 22.7 Å². The monoisotopic (exact) mass is 410 g/mol. The lowest BCUT2D eigenvalue weighted by Crippen LogP contribution is -2.21. The predicted molar refractivity (Wildman–Crippen MR) is 98.1 cm³/mol. The van der Waals surface area contributed by atoms with Crippen molar-refractivity contribution in [3.8, 4) is 0 Å². The highest BCUT2D eigenvalue weighted by atomic mass is 19.4. The summed E-state index contributed by atoms with van der Waals surface area (Å²) in [5.41, 5.74) is -1.57. The third kappa shape index (κ3) is 4.09. The van der Waals surface area contributed by atoms with Gasteiger partial charge in [-0.1, -0.05) is 0 Å². The zero-order valence-electron chi connectivity index (χ0n) is 15.2. The van der Waals surface area contributed by atoms with Crippen molar-refractivity contribution in [3.63, 3.8) is 0 Å². The molecule has 3 heterocycles. The first-order valence-electron chi connectivity index (χ1n) is 9.07. The van der Waals surface area contributed by atoms with Crippen LogP contribution < -0.4 is 16.3 Å². The van der Waals surface area contributed by atoms with Crippen molar-refractivity contribution in [1.82, 2.24) is 24.8 Å². The Morgan fingerprint density at radius 2 is 2.14 bits per heavy atom. The molecule has 11 heteroatoms. The second kappa shape index (κ2) is 7.47. The van der Waals surface area contributed by atoms with E-state index in [0.717, 1.165) is 36.2 Å². The summed E-state index contributed by atoms with van der Waals surface area (Å²) in [6.07, 6.45) is -2.26. The number of fused-ring (bicyclic) bond motifs is 1. The van der Waals surface area contributed by atoms with Crippen molar-refractivity contribution < 1.29 is 17.6 Å². The summed E-state index contributed by atoms with van der Waals surface area (Å²) < 4.78 is 54.5. The maximum absolute atomic E-state index is 13.6. The van der Waals surface area contributed by atoms with Gasteiger partial charge in [-0.3, -0.25) is 4.57 Å². The number of imidazole rings is 1. The fourth-order valence-corrected chi connectivity index (χ4v) is 3.44. The van der Waals surface area contributed by atoms with Gasteiger partial charge in [0.2, 0.25) is 5.95 Å². The molecule has 1 atom stereocenters. The van der Waals surface area contributed by atoms with Crippen molar-refractivity contribution in [1.29, 1.82) is 0 Å². The van der Waals surface area contributed by atoms with Crippen molar-refractivity contribution in [2.45, 2.75) is 19.1 Å². The van der Waals surface area contributed by atoms with E-state index in [2.05, 4.69) is 25.6 Å². The van der Waals surface area contributed by atoms with Crippen molar-refractivity contribution in [2.75, 3.05) is 25.0 Å². The summed E-state index contributed by atoms with van der Waals surface area (Å²) in [6.45, 7) is 1.98. The van der Waals surface area contributed by atoms with E-state index in [4.69, 9.17) is 0 Å². The Morgan fingerprint density at radius 3 is 2.86 bits per heavy atom. The number of anilines is 1. The molecule has 4 rings (SSSR count). The van der Waals surface area contributed by atoms with Gasteiger partial charge >= 0.3 is 11.9 Å². The van der Waals surface area contributed by atoms with Gasteiger partial charge in [-0.25, -0.2) is 14.2 Å². The first kappa shape index (κ1) is 19.4. The largest absolute Gasteiger partial charge is 0.416 e. The number of nitrogens with one attached hydrogen (secondary N) is 3. The number of aromatic nitrogens is 4. The molecule has 3 N–H and O–H groups in total. The molecule has 7 nitrogen and oxygen atoms in total. The smallest absolute Gasteiger partial charge is 0.354 e. The summed E-state index contributed by atoms with van der Waals surface area (Å²) in [6, 6.07) is 2.19. The Kier molecular flexibility index (Phi) is 4.99. The fourth-order valence-electron chi connectivity index (χ4n) is 3.44. The molecule has 3 aromatic rings. The number of aromatic amines is 1. The average Bonchev–Trinajstić information content (AvgIpc) is 3.27. The number of nitrogens with zero attached hydrogens (tertiary/aromatic N) is 3. The van der Waals surface area contributed by atoms with Gasteiger partial charge in [0.25, 0.3) is 0 Å². The Balaban J connectivity index is 1.67. The molecule has 1 fully saturated rings.